The smallest absolute Gasteiger partial charge is 0.318 e. The van der Waals surface area contributed by atoms with Crippen LogP contribution < -0.4 is 4.90 Å². The quantitative estimate of drug-likeness (QED) is 0.459. The number of oxime groups is 1. The first-order valence-electron chi connectivity index (χ1n) is 7.35. The van der Waals surface area contributed by atoms with Gasteiger partial charge < -0.3 is 9.74 Å². The van der Waals surface area contributed by atoms with Crippen LogP contribution in [-0.2, 0) is 16.1 Å². The van der Waals surface area contributed by atoms with Crippen LogP contribution in [0.3, 0.4) is 0 Å². The van der Waals surface area contributed by atoms with E-state index in [1.54, 1.807) is 6.20 Å². The van der Waals surface area contributed by atoms with Crippen LogP contribution in [0.5, 0.6) is 0 Å². The zero-order chi connectivity index (χ0) is 17.4. The average molecular weight is 319 g/mol. The molecule has 0 amide bonds. The average Bonchev–Trinajstić information content (AvgIpc) is 2.61. The summed E-state index contributed by atoms with van der Waals surface area (Å²) in [6.45, 7) is 5.11. The lowest BCUT2D eigenvalue weighted by Gasteiger charge is -2.23. The maximum absolute atomic E-state index is 10.9. The number of nitrogens with zero attached hydrogens (tertiary/aromatic N) is 3. The Bertz CT molecular complexity index is 792. The third-order valence-corrected chi connectivity index (χ3v) is 3.24. The summed E-state index contributed by atoms with van der Waals surface area (Å²) >= 11 is 0. The van der Waals surface area contributed by atoms with E-state index in [2.05, 4.69) is 16.6 Å². The number of benzene rings is 2. The highest BCUT2D eigenvalue weighted by atomic mass is 16.7. The topological polar surface area (TPSA) is 65.7 Å². The Hall–Kier alpha value is -3.39. The monoisotopic (exact) mass is 319 g/mol. The molecule has 0 radical (unpaired) electrons. The molecule has 0 aromatic heterocycles. The van der Waals surface area contributed by atoms with Crippen LogP contribution in [0.1, 0.15) is 12.5 Å². The third-order valence-electron chi connectivity index (χ3n) is 3.24. The fourth-order valence-electron chi connectivity index (χ4n) is 2.22. The second kappa shape index (κ2) is 8.30. The Morgan fingerprint density at radius 3 is 2.54 bits per heavy atom. The largest absolute Gasteiger partial charge is 0.332 e. The summed E-state index contributed by atoms with van der Waals surface area (Å²) in [5.74, 6) is -0.562. The molecule has 2 aromatic rings. The van der Waals surface area contributed by atoms with Crippen LogP contribution >= 0.6 is 0 Å². The molecule has 0 aliphatic heterocycles. The Balaban J connectivity index is 2.36. The van der Waals surface area contributed by atoms with Gasteiger partial charge in [-0.15, -0.1) is 0 Å². The highest BCUT2D eigenvalue weighted by Crippen LogP contribution is 2.29. The number of anilines is 2. The molecule has 0 spiro atoms. The van der Waals surface area contributed by atoms with Gasteiger partial charge in [-0.25, -0.2) is 4.79 Å². The summed E-state index contributed by atoms with van der Waals surface area (Å²) < 4.78 is 0. The van der Waals surface area contributed by atoms with Gasteiger partial charge in [-0.1, -0.05) is 48.1 Å². The first-order valence-corrected chi connectivity index (χ1v) is 7.35. The van der Waals surface area contributed by atoms with Crippen molar-refractivity contribution in [3.63, 3.8) is 0 Å². The predicted octanol–water partition coefficient (Wildman–Crippen LogP) is 3.95. The molecule has 0 unspecified atom stereocenters. The Morgan fingerprint density at radius 1 is 1.25 bits per heavy atom. The van der Waals surface area contributed by atoms with E-state index < -0.39 is 5.97 Å². The van der Waals surface area contributed by atoms with Gasteiger partial charge in [0.05, 0.1) is 0 Å². The summed E-state index contributed by atoms with van der Waals surface area (Å²) in [6.07, 6.45) is 1.96. The van der Waals surface area contributed by atoms with Gasteiger partial charge in [-0.2, -0.15) is 5.26 Å². The molecular formula is C19H17N3O2. The third kappa shape index (κ3) is 4.31. The molecule has 2 rings (SSSR count). The number of carbonyl (C=O) groups is 1. The van der Waals surface area contributed by atoms with E-state index in [1.807, 2.05) is 65.6 Å². The molecule has 0 saturated carbocycles. The van der Waals surface area contributed by atoms with E-state index in [0.717, 1.165) is 16.9 Å². The van der Waals surface area contributed by atoms with Crippen molar-refractivity contribution in [2.45, 2.75) is 13.3 Å². The summed E-state index contributed by atoms with van der Waals surface area (Å²) in [5.41, 5.74) is 2.82. The molecule has 0 atom stereocenters. The number of carbonyl (C=O) groups excluding carboxylic acids is 1. The predicted molar refractivity (Wildman–Crippen MR) is 93.7 cm³/mol. The van der Waals surface area contributed by atoms with E-state index in [0.29, 0.717) is 0 Å². The van der Waals surface area contributed by atoms with Crippen molar-refractivity contribution in [3.8, 4) is 6.07 Å². The summed E-state index contributed by atoms with van der Waals surface area (Å²) in [5, 5.41) is 12.8. The Kier molecular flexibility index (Phi) is 5.87. The maximum atomic E-state index is 10.9. The molecule has 0 heterocycles. The molecule has 5 nitrogen and oxygen atoms in total. The van der Waals surface area contributed by atoms with E-state index in [-0.39, 0.29) is 12.1 Å². The number of rotatable bonds is 6. The van der Waals surface area contributed by atoms with Crippen LogP contribution in [-0.4, -0.2) is 11.7 Å². The molecule has 24 heavy (non-hydrogen) atoms. The first-order chi connectivity index (χ1) is 11.7. The second-order valence-corrected chi connectivity index (χ2v) is 4.93. The number of nitriles is 1. The molecule has 0 fully saturated rings. The Labute approximate surface area is 141 Å². The molecule has 0 aliphatic rings. The SMILES string of the molecule is C=CN(c1ccccc1)c1ccccc1C/C(C#N)=N/OC(C)=O. The molecular weight excluding hydrogens is 302 g/mol. The molecule has 0 aliphatic carbocycles. The fraction of sp³-hybridized carbons (Fsp3) is 0.105. The summed E-state index contributed by atoms with van der Waals surface area (Å²) in [4.78, 5) is 17.4. The van der Waals surface area contributed by atoms with Crippen LogP contribution in [0.2, 0.25) is 0 Å². The van der Waals surface area contributed by atoms with Gasteiger partial charge >= 0.3 is 5.97 Å². The van der Waals surface area contributed by atoms with Crippen molar-refractivity contribution in [1.82, 2.24) is 0 Å². The van der Waals surface area contributed by atoms with Crippen LogP contribution in [0, 0.1) is 11.3 Å². The lowest BCUT2D eigenvalue weighted by atomic mass is 10.1. The van der Waals surface area contributed by atoms with E-state index in [1.165, 1.54) is 6.92 Å². The molecule has 0 saturated heterocycles. The minimum Gasteiger partial charge on any atom is -0.318 e. The van der Waals surface area contributed by atoms with E-state index in [4.69, 9.17) is 0 Å². The molecule has 2 aromatic carbocycles. The van der Waals surface area contributed by atoms with Gasteiger partial charge in [0.1, 0.15) is 6.07 Å². The van der Waals surface area contributed by atoms with Crippen molar-refractivity contribution in [2.24, 2.45) is 5.16 Å². The van der Waals surface area contributed by atoms with Crippen molar-refractivity contribution in [1.29, 1.82) is 5.26 Å². The van der Waals surface area contributed by atoms with Crippen molar-refractivity contribution in [3.05, 3.63) is 72.9 Å². The van der Waals surface area contributed by atoms with Gasteiger partial charge in [0.2, 0.25) is 0 Å². The fourth-order valence-corrected chi connectivity index (χ4v) is 2.22. The Morgan fingerprint density at radius 2 is 1.92 bits per heavy atom. The molecule has 5 heteroatoms. The molecule has 120 valence electrons. The van der Waals surface area contributed by atoms with Crippen LogP contribution in [0.15, 0.2) is 72.5 Å². The number of hydrogen-bond donors (Lipinski definition) is 0. The molecule has 0 N–H and O–H groups in total. The van der Waals surface area contributed by atoms with Crippen molar-refractivity contribution in [2.75, 3.05) is 4.90 Å². The number of para-hydroxylation sites is 2. The van der Waals surface area contributed by atoms with Crippen LogP contribution in [0.4, 0.5) is 11.4 Å². The van der Waals surface area contributed by atoms with Crippen molar-refractivity contribution >= 4 is 23.1 Å². The highest BCUT2D eigenvalue weighted by Gasteiger charge is 2.12. The standard InChI is InChI=1S/C19H17N3O2/c1-3-22(18-10-5-4-6-11-18)19-12-8-7-9-16(19)13-17(14-20)21-24-15(2)23/h3-12H,1,13H2,2H3/b21-17-. The lowest BCUT2D eigenvalue weighted by Crippen LogP contribution is -2.12. The maximum Gasteiger partial charge on any atom is 0.332 e. The second-order valence-electron chi connectivity index (χ2n) is 4.93. The van der Waals surface area contributed by atoms with E-state index >= 15 is 0 Å². The number of hydrogen-bond acceptors (Lipinski definition) is 5. The first kappa shape index (κ1) is 17.0. The van der Waals surface area contributed by atoms with Crippen molar-refractivity contribution < 1.29 is 9.63 Å². The molecule has 0 bridgehead atoms. The zero-order valence-corrected chi connectivity index (χ0v) is 13.3. The zero-order valence-electron chi connectivity index (χ0n) is 13.3. The summed E-state index contributed by atoms with van der Waals surface area (Å²) in [6, 6.07) is 19.3. The normalized spacial score (nSPS) is 10.6. The van der Waals surface area contributed by atoms with Crippen LogP contribution in [0.25, 0.3) is 0 Å². The van der Waals surface area contributed by atoms with Gasteiger partial charge in [-0.3, -0.25) is 0 Å². The van der Waals surface area contributed by atoms with Gasteiger partial charge in [0, 0.05) is 30.9 Å². The minimum atomic E-state index is -0.562. The minimum absolute atomic E-state index is 0.120. The van der Waals surface area contributed by atoms with Gasteiger partial charge in [0.15, 0.2) is 5.71 Å². The summed E-state index contributed by atoms with van der Waals surface area (Å²) in [7, 11) is 0. The van der Waals surface area contributed by atoms with Gasteiger partial charge in [0.25, 0.3) is 0 Å². The highest BCUT2D eigenvalue weighted by molar-refractivity contribution is 6.00. The lowest BCUT2D eigenvalue weighted by molar-refractivity contribution is -0.140. The van der Waals surface area contributed by atoms with Gasteiger partial charge in [-0.05, 0) is 23.8 Å². The van der Waals surface area contributed by atoms with E-state index in [9.17, 15) is 10.1 Å².